The van der Waals surface area contributed by atoms with Crippen LogP contribution in [0, 0.1) is 12.8 Å². The van der Waals surface area contributed by atoms with Crippen molar-refractivity contribution in [1.82, 2.24) is 29.7 Å². The van der Waals surface area contributed by atoms with Crippen molar-refractivity contribution in [3.63, 3.8) is 0 Å². The Morgan fingerprint density at radius 3 is 2.63 bits per heavy atom. The van der Waals surface area contributed by atoms with Gasteiger partial charge in [-0.2, -0.15) is 0 Å². The lowest BCUT2D eigenvalue weighted by Gasteiger charge is -2.49. The van der Waals surface area contributed by atoms with Crippen LogP contribution in [0.5, 0.6) is 0 Å². The number of benzene rings is 1. The third-order valence-electron chi connectivity index (χ3n) is 9.56. The molecule has 2 aliphatic carbocycles. The SMILES string of the molecule is Cc1ccnc(C(=O)N2CCN(C3CC(C(=O)Nc4nc5ccc(-c6cnc(CO[C@H]7CCC[C@@H]7O)nc6)cc5s4)C3)[C@@H](C)C2)c1. The number of nitrogens with one attached hydrogen (secondary N) is 1. The molecule has 12 heteroatoms. The number of pyridine rings is 1. The van der Waals surface area contributed by atoms with Gasteiger partial charge in [-0.3, -0.25) is 19.5 Å². The lowest BCUT2D eigenvalue weighted by atomic mass is 9.78. The fourth-order valence-electron chi connectivity index (χ4n) is 6.81. The quantitative estimate of drug-likeness (QED) is 0.286. The number of thiazole rings is 1. The van der Waals surface area contributed by atoms with Gasteiger partial charge in [-0.25, -0.2) is 15.0 Å². The molecular weight excluding hydrogens is 602 g/mol. The Morgan fingerprint density at radius 2 is 1.89 bits per heavy atom. The smallest absolute Gasteiger partial charge is 0.272 e. The van der Waals surface area contributed by atoms with Crippen molar-refractivity contribution in [1.29, 1.82) is 0 Å². The summed E-state index contributed by atoms with van der Waals surface area (Å²) in [5.74, 6) is 0.538. The fraction of sp³-hybridized carbons (Fsp3) is 0.471. The van der Waals surface area contributed by atoms with Gasteiger partial charge in [0.05, 0.1) is 22.4 Å². The highest BCUT2D eigenvalue weighted by atomic mass is 32.1. The van der Waals surface area contributed by atoms with Gasteiger partial charge in [0.25, 0.3) is 5.91 Å². The van der Waals surface area contributed by atoms with Gasteiger partial charge in [-0.15, -0.1) is 0 Å². The number of piperazine rings is 1. The Morgan fingerprint density at radius 1 is 1.07 bits per heavy atom. The van der Waals surface area contributed by atoms with E-state index < -0.39 is 6.10 Å². The van der Waals surface area contributed by atoms with Crippen LogP contribution in [0.2, 0.25) is 0 Å². The molecule has 4 aromatic rings. The van der Waals surface area contributed by atoms with Crippen LogP contribution in [0.4, 0.5) is 5.13 Å². The van der Waals surface area contributed by atoms with E-state index in [0.29, 0.717) is 35.8 Å². The summed E-state index contributed by atoms with van der Waals surface area (Å²) in [6.07, 6.45) is 8.97. The van der Waals surface area contributed by atoms with Crippen molar-refractivity contribution in [2.24, 2.45) is 5.92 Å². The fourth-order valence-corrected chi connectivity index (χ4v) is 7.72. The van der Waals surface area contributed by atoms with Gasteiger partial charge >= 0.3 is 0 Å². The molecule has 240 valence electrons. The maximum absolute atomic E-state index is 13.1. The molecule has 0 bridgehead atoms. The molecule has 11 nitrogen and oxygen atoms in total. The third-order valence-corrected chi connectivity index (χ3v) is 10.5. The van der Waals surface area contributed by atoms with E-state index in [2.05, 4.69) is 37.1 Å². The van der Waals surface area contributed by atoms with Crippen LogP contribution in [-0.4, -0.2) is 90.6 Å². The molecule has 4 heterocycles. The zero-order chi connectivity index (χ0) is 31.8. The molecule has 3 aliphatic rings. The first-order valence-corrected chi connectivity index (χ1v) is 16.9. The first-order valence-electron chi connectivity index (χ1n) is 16.1. The number of hydrogen-bond acceptors (Lipinski definition) is 10. The van der Waals surface area contributed by atoms with E-state index in [4.69, 9.17) is 4.74 Å². The molecule has 2 N–H and O–H groups in total. The van der Waals surface area contributed by atoms with Crippen molar-refractivity contribution in [3.05, 3.63) is 66.0 Å². The normalized spacial score (nSPS) is 25.0. The molecular formula is C34H39N7O4S. The maximum atomic E-state index is 13.1. The zero-order valence-corrected chi connectivity index (χ0v) is 26.9. The molecule has 2 amide bonds. The summed E-state index contributed by atoms with van der Waals surface area (Å²) in [6, 6.07) is 10.3. The molecule has 3 aromatic heterocycles. The van der Waals surface area contributed by atoms with E-state index in [0.717, 1.165) is 65.6 Å². The minimum atomic E-state index is -0.400. The number of amides is 2. The molecule has 1 saturated heterocycles. The van der Waals surface area contributed by atoms with Gasteiger partial charge in [-0.05, 0) is 81.3 Å². The predicted molar refractivity (Wildman–Crippen MR) is 175 cm³/mol. The summed E-state index contributed by atoms with van der Waals surface area (Å²) in [5, 5.41) is 13.6. The van der Waals surface area contributed by atoms with Gasteiger partial charge < -0.3 is 20.1 Å². The lowest BCUT2D eigenvalue weighted by Crippen LogP contribution is -2.60. The van der Waals surface area contributed by atoms with Crippen molar-refractivity contribution < 1.29 is 19.4 Å². The number of carbonyl (C=O) groups excluding carboxylic acids is 2. The number of aryl methyl sites for hydroxylation is 1. The first-order chi connectivity index (χ1) is 22.3. The van der Waals surface area contributed by atoms with Crippen LogP contribution in [-0.2, 0) is 16.1 Å². The standard InChI is InChI=1S/C34H39N7O4S/c1-20-8-9-35-27(12-20)33(44)40-10-11-41(21(2)18-40)25-13-23(14-25)32(43)39-34-38-26-7-6-22(15-30(26)46-34)24-16-36-31(37-17-24)19-45-29-5-3-4-28(29)42/h6-9,12,15-17,21,23,25,28-29,42H,3-5,10-11,13-14,18-19H2,1-2H3,(H,38,39,43)/t21-,23?,25?,28-,29-/m0/s1. The van der Waals surface area contributed by atoms with Gasteiger partial charge in [0, 0.05) is 61.8 Å². The number of aliphatic hydroxyl groups excluding tert-OH is 1. The van der Waals surface area contributed by atoms with Crippen LogP contribution in [0.1, 0.15) is 60.9 Å². The van der Waals surface area contributed by atoms with Crippen molar-refractivity contribution >= 4 is 38.5 Å². The Kier molecular flexibility index (Phi) is 8.78. The number of aromatic nitrogens is 4. The van der Waals surface area contributed by atoms with E-state index in [1.165, 1.54) is 11.3 Å². The van der Waals surface area contributed by atoms with Crippen LogP contribution < -0.4 is 5.32 Å². The first kappa shape index (κ1) is 30.8. The molecule has 2 saturated carbocycles. The molecule has 7 rings (SSSR count). The number of rotatable bonds is 8. The minimum Gasteiger partial charge on any atom is -0.390 e. The highest BCUT2D eigenvalue weighted by molar-refractivity contribution is 7.22. The molecule has 3 atom stereocenters. The number of hydrogen-bond donors (Lipinski definition) is 2. The average Bonchev–Trinajstić information content (AvgIpc) is 3.64. The minimum absolute atomic E-state index is 0.0128. The van der Waals surface area contributed by atoms with Crippen LogP contribution in [0.3, 0.4) is 0 Å². The summed E-state index contributed by atoms with van der Waals surface area (Å²) >= 11 is 1.46. The largest absolute Gasteiger partial charge is 0.390 e. The van der Waals surface area contributed by atoms with Crippen molar-refractivity contribution in [3.8, 4) is 11.1 Å². The third kappa shape index (κ3) is 6.52. The molecule has 1 aliphatic heterocycles. The Labute approximate surface area is 272 Å². The summed E-state index contributed by atoms with van der Waals surface area (Å²) in [6.45, 7) is 6.52. The van der Waals surface area contributed by atoms with Crippen LogP contribution in [0.15, 0.2) is 48.9 Å². The monoisotopic (exact) mass is 641 g/mol. The summed E-state index contributed by atoms with van der Waals surface area (Å²) in [7, 11) is 0. The second kappa shape index (κ2) is 13.1. The van der Waals surface area contributed by atoms with E-state index in [1.807, 2.05) is 42.2 Å². The van der Waals surface area contributed by atoms with Crippen LogP contribution >= 0.6 is 11.3 Å². The topological polar surface area (TPSA) is 134 Å². The number of carbonyl (C=O) groups is 2. The lowest BCUT2D eigenvalue weighted by molar-refractivity contribution is -0.125. The zero-order valence-electron chi connectivity index (χ0n) is 26.1. The predicted octanol–water partition coefficient (Wildman–Crippen LogP) is 4.45. The Balaban J connectivity index is 0.902. The highest BCUT2D eigenvalue weighted by Gasteiger charge is 2.41. The van der Waals surface area contributed by atoms with Crippen LogP contribution in [0.25, 0.3) is 21.3 Å². The Hall–Kier alpha value is -3.84. The summed E-state index contributed by atoms with van der Waals surface area (Å²) < 4.78 is 6.78. The highest BCUT2D eigenvalue weighted by Crippen LogP contribution is 2.36. The average molecular weight is 642 g/mol. The van der Waals surface area contributed by atoms with E-state index in [9.17, 15) is 14.7 Å². The van der Waals surface area contributed by atoms with Crippen molar-refractivity contribution in [2.75, 3.05) is 25.0 Å². The Bertz CT molecular complexity index is 1720. The number of aliphatic hydroxyl groups is 1. The molecule has 3 fully saturated rings. The number of anilines is 1. The number of fused-ring (bicyclic) bond motifs is 1. The van der Waals surface area contributed by atoms with Gasteiger partial charge in [0.1, 0.15) is 12.3 Å². The molecule has 1 aromatic carbocycles. The van der Waals surface area contributed by atoms with E-state index in [-0.39, 0.29) is 36.5 Å². The van der Waals surface area contributed by atoms with Gasteiger partial charge in [0.2, 0.25) is 5.91 Å². The molecule has 0 unspecified atom stereocenters. The molecule has 0 spiro atoms. The maximum Gasteiger partial charge on any atom is 0.272 e. The second-order valence-corrected chi connectivity index (χ2v) is 13.8. The van der Waals surface area contributed by atoms with E-state index >= 15 is 0 Å². The number of nitrogens with zero attached hydrogens (tertiary/aromatic N) is 6. The van der Waals surface area contributed by atoms with Gasteiger partial charge in [-0.1, -0.05) is 17.4 Å². The van der Waals surface area contributed by atoms with Crippen molar-refractivity contribution in [2.45, 2.75) is 76.9 Å². The number of ether oxygens (including phenoxy) is 1. The van der Waals surface area contributed by atoms with E-state index in [1.54, 1.807) is 18.6 Å². The second-order valence-electron chi connectivity index (χ2n) is 12.8. The summed E-state index contributed by atoms with van der Waals surface area (Å²) in [4.78, 5) is 48.3. The van der Waals surface area contributed by atoms with Gasteiger partial charge in [0.15, 0.2) is 11.0 Å². The summed E-state index contributed by atoms with van der Waals surface area (Å²) in [5.41, 5.74) is 4.22. The molecule has 0 radical (unpaired) electrons. The molecule has 46 heavy (non-hydrogen) atoms.